The van der Waals surface area contributed by atoms with Crippen molar-refractivity contribution in [3.8, 4) is 5.75 Å². The van der Waals surface area contributed by atoms with Crippen molar-refractivity contribution < 1.29 is 23.8 Å². The minimum absolute atomic E-state index is 0.104. The topological polar surface area (TPSA) is 71.9 Å². The molecular weight excluding hydrogens is 371 g/mol. The van der Waals surface area contributed by atoms with Crippen molar-refractivity contribution in [2.45, 2.75) is 52.7 Å². The first kappa shape index (κ1) is 19.8. The van der Waals surface area contributed by atoms with E-state index in [0.717, 1.165) is 19.5 Å². The highest BCUT2D eigenvalue weighted by molar-refractivity contribution is 7.22. The molecule has 1 aromatic carbocycles. The van der Waals surface area contributed by atoms with Crippen LogP contribution in [0.3, 0.4) is 0 Å². The predicted octanol–water partition coefficient (Wildman–Crippen LogP) is 4.08. The Bertz CT molecular complexity index is 871. The van der Waals surface area contributed by atoms with Gasteiger partial charge in [-0.15, -0.1) is 0 Å². The molecule has 1 atom stereocenters. The summed E-state index contributed by atoms with van der Waals surface area (Å²) < 4.78 is 26.4. The summed E-state index contributed by atoms with van der Waals surface area (Å²) in [5.74, 6) is -1.37. The second-order valence-corrected chi connectivity index (χ2v) is 8.56. The average Bonchev–Trinajstić information content (AvgIpc) is 2.94. The molecule has 1 aliphatic rings. The molecule has 0 aliphatic carbocycles. The number of carbonyl (C=O) groups excluding carboxylic acids is 1. The van der Waals surface area contributed by atoms with Gasteiger partial charge in [-0.25, -0.2) is 14.2 Å². The third-order valence-electron chi connectivity index (χ3n) is 4.39. The van der Waals surface area contributed by atoms with E-state index in [9.17, 15) is 9.90 Å². The number of ether oxygens (including phenoxy) is 2. The lowest BCUT2D eigenvalue weighted by molar-refractivity contribution is -0.167. The van der Waals surface area contributed by atoms with Gasteiger partial charge in [0.1, 0.15) is 16.0 Å². The number of phenolic OH excluding ortho intramolecular Hbond substituents is 1. The maximum Gasteiger partial charge on any atom is 0.340 e. The summed E-state index contributed by atoms with van der Waals surface area (Å²) in [6.45, 7) is 10.5. The normalized spacial score (nSPS) is 15.7. The first-order valence-corrected chi connectivity index (χ1v) is 9.86. The summed E-state index contributed by atoms with van der Waals surface area (Å²) in [4.78, 5) is 18.9. The number of phenols is 1. The van der Waals surface area contributed by atoms with Crippen LogP contribution in [0.1, 0.15) is 51.3 Å². The summed E-state index contributed by atoms with van der Waals surface area (Å²) in [6.07, 6.45) is -0.155. The van der Waals surface area contributed by atoms with Crippen LogP contribution < -0.4 is 4.90 Å². The lowest BCUT2D eigenvalue weighted by atomic mass is 9.99. The minimum atomic E-state index is -1.22. The summed E-state index contributed by atoms with van der Waals surface area (Å²) in [5.41, 5.74) is -0.327. The Morgan fingerprint density at radius 1 is 1.41 bits per heavy atom. The molecule has 0 bridgehead atoms. The number of aromatic hydroxyl groups is 1. The highest BCUT2D eigenvalue weighted by atomic mass is 32.1. The van der Waals surface area contributed by atoms with Crippen molar-refractivity contribution in [1.82, 2.24) is 4.98 Å². The van der Waals surface area contributed by atoms with Crippen molar-refractivity contribution >= 4 is 32.7 Å². The van der Waals surface area contributed by atoms with E-state index in [1.807, 2.05) is 4.90 Å². The molecule has 0 radical (unpaired) electrons. The zero-order valence-electron chi connectivity index (χ0n) is 16.3. The highest BCUT2D eigenvalue weighted by Crippen LogP contribution is 2.45. The number of nitrogens with zero attached hydrogens (tertiary/aromatic N) is 2. The van der Waals surface area contributed by atoms with E-state index in [4.69, 9.17) is 9.47 Å². The van der Waals surface area contributed by atoms with Crippen LogP contribution in [0.15, 0.2) is 0 Å². The zero-order valence-corrected chi connectivity index (χ0v) is 17.1. The Morgan fingerprint density at radius 2 is 2.07 bits per heavy atom. The van der Waals surface area contributed by atoms with Crippen LogP contribution in [0.2, 0.25) is 0 Å². The van der Waals surface area contributed by atoms with E-state index in [1.54, 1.807) is 27.7 Å². The van der Waals surface area contributed by atoms with Gasteiger partial charge in [0.2, 0.25) is 0 Å². The Morgan fingerprint density at radius 3 is 2.59 bits per heavy atom. The number of aromatic nitrogens is 1. The van der Waals surface area contributed by atoms with Gasteiger partial charge in [0.25, 0.3) is 0 Å². The van der Waals surface area contributed by atoms with Gasteiger partial charge in [-0.3, -0.25) is 0 Å². The van der Waals surface area contributed by atoms with Gasteiger partial charge < -0.3 is 19.5 Å². The van der Waals surface area contributed by atoms with Gasteiger partial charge in [-0.1, -0.05) is 11.3 Å². The zero-order chi connectivity index (χ0) is 19.9. The van der Waals surface area contributed by atoms with Crippen LogP contribution in [-0.2, 0) is 14.3 Å². The first-order valence-electron chi connectivity index (χ1n) is 9.05. The van der Waals surface area contributed by atoms with Crippen LogP contribution in [0.25, 0.3) is 10.2 Å². The van der Waals surface area contributed by atoms with Crippen LogP contribution in [0, 0.1) is 12.7 Å². The molecular formula is C19H25FN2O4S. The summed E-state index contributed by atoms with van der Waals surface area (Å²) in [6, 6.07) is 0. The van der Waals surface area contributed by atoms with Crippen molar-refractivity contribution in [2.24, 2.45) is 0 Å². The Hall–Kier alpha value is -1.93. The Balaban J connectivity index is 2.16. The van der Waals surface area contributed by atoms with Gasteiger partial charge >= 0.3 is 5.97 Å². The lowest BCUT2D eigenvalue weighted by Crippen LogP contribution is -2.36. The fraction of sp³-hybridized carbons (Fsp3) is 0.579. The van der Waals surface area contributed by atoms with E-state index in [2.05, 4.69) is 4.98 Å². The second kappa shape index (κ2) is 7.24. The second-order valence-electron chi connectivity index (χ2n) is 7.58. The molecule has 0 spiro atoms. The van der Waals surface area contributed by atoms with Crippen LogP contribution in [0.5, 0.6) is 5.75 Å². The molecule has 0 unspecified atom stereocenters. The van der Waals surface area contributed by atoms with Crippen molar-refractivity contribution in [3.63, 3.8) is 0 Å². The van der Waals surface area contributed by atoms with Gasteiger partial charge in [-0.2, -0.15) is 0 Å². The summed E-state index contributed by atoms with van der Waals surface area (Å²) in [5, 5.41) is 11.6. The molecule has 2 heterocycles. The molecule has 1 saturated heterocycles. The largest absolute Gasteiger partial charge is 0.506 e. The number of anilines is 1. The molecule has 2 aromatic rings. The van der Waals surface area contributed by atoms with E-state index in [0.29, 0.717) is 9.83 Å². The number of hydrogen-bond acceptors (Lipinski definition) is 7. The molecule has 0 saturated carbocycles. The molecule has 0 amide bonds. The quantitative estimate of drug-likeness (QED) is 0.768. The van der Waals surface area contributed by atoms with Gasteiger partial charge in [-0.05, 0) is 46.6 Å². The fourth-order valence-electron chi connectivity index (χ4n) is 2.97. The Kier molecular flexibility index (Phi) is 5.31. The maximum atomic E-state index is 15.1. The first-order chi connectivity index (χ1) is 12.6. The van der Waals surface area contributed by atoms with E-state index < -0.39 is 23.5 Å². The third-order valence-corrected chi connectivity index (χ3v) is 5.51. The molecule has 3 rings (SSSR count). The standard InChI is InChI=1S/C19H25FN2O4S/c1-6-25-17(24)15(26-19(3,4)5)11-10(2)12(20)13-16(14(11)23)27-18(21-13)22-8-7-9-22/h15,23H,6-9H2,1-5H3/t15-/m0/s1. The lowest BCUT2D eigenvalue weighted by Gasteiger charge is -2.30. The van der Waals surface area contributed by atoms with E-state index in [1.165, 1.54) is 18.3 Å². The SMILES string of the molecule is CCOC(=O)[C@@H](OC(C)(C)C)c1c(C)c(F)c2nc(N3CCC3)sc2c1O. The minimum Gasteiger partial charge on any atom is -0.506 e. The molecule has 1 aliphatic heterocycles. The van der Waals surface area contributed by atoms with Crippen LogP contribution >= 0.6 is 11.3 Å². The Labute approximate surface area is 161 Å². The molecule has 1 N–H and O–H groups in total. The molecule has 6 nitrogen and oxygen atoms in total. The number of hydrogen-bond donors (Lipinski definition) is 1. The van der Waals surface area contributed by atoms with Crippen molar-refractivity contribution in [1.29, 1.82) is 0 Å². The van der Waals surface area contributed by atoms with Gasteiger partial charge in [0.15, 0.2) is 17.1 Å². The van der Waals surface area contributed by atoms with Gasteiger partial charge in [0, 0.05) is 18.7 Å². The fourth-order valence-corrected chi connectivity index (χ4v) is 4.04. The van der Waals surface area contributed by atoms with E-state index >= 15 is 4.39 Å². The van der Waals surface area contributed by atoms with Crippen LogP contribution in [-0.4, -0.2) is 41.4 Å². The predicted molar refractivity (Wildman–Crippen MR) is 103 cm³/mol. The maximum absolute atomic E-state index is 15.1. The number of fused-ring (bicyclic) bond motifs is 1. The summed E-state index contributed by atoms with van der Waals surface area (Å²) >= 11 is 1.22. The van der Waals surface area contributed by atoms with Crippen molar-refractivity contribution in [2.75, 3.05) is 24.6 Å². The third kappa shape index (κ3) is 3.73. The number of esters is 1. The van der Waals surface area contributed by atoms with Crippen molar-refractivity contribution in [3.05, 3.63) is 16.9 Å². The highest BCUT2D eigenvalue weighted by Gasteiger charge is 2.35. The number of carbonyl (C=O) groups is 1. The number of thiazole rings is 1. The molecule has 8 heteroatoms. The summed E-state index contributed by atoms with van der Waals surface area (Å²) in [7, 11) is 0. The average molecular weight is 396 g/mol. The van der Waals surface area contributed by atoms with E-state index in [-0.39, 0.29) is 29.0 Å². The smallest absolute Gasteiger partial charge is 0.340 e. The molecule has 1 aromatic heterocycles. The number of benzene rings is 1. The monoisotopic (exact) mass is 396 g/mol. The number of halogens is 1. The van der Waals surface area contributed by atoms with Gasteiger partial charge in [0.05, 0.1) is 12.2 Å². The number of rotatable bonds is 5. The van der Waals surface area contributed by atoms with Crippen LogP contribution in [0.4, 0.5) is 9.52 Å². The molecule has 1 fully saturated rings. The molecule has 27 heavy (non-hydrogen) atoms. The molecule has 148 valence electrons.